The average molecular weight is 275 g/mol. The monoisotopic (exact) mass is 275 g/mol. The maximum atomic E-state index is 12.0. The molecule has 2 rings (SSSR count). The summed E-state index contributed by atoms with van der Waals surface area (Å²) in [5, 5.41) is 0.520. The number of hydrogen-bond donors (Lipinski definition) is 1. The van der Waals surface area contributed by atoms with Crippen molar-refractivity contribution in [2.24, 2.45) is 0 Å². The summed E-state index contributed by atoms with van der Waals surface area (Å²) in [6.07, 6.45) is 0. The van der Waals surface area contributed by atoms with Crippen LogP contribution in [0.3, 0.4) is 0 Å². The number of carbonyl (C=O) groups excluding carboxylic acids is 1. The second-order valence-electron chi connectivity index (χ2n) is 4.36. The third kappa shape index (κ3) is 2.63. The average Bonchev–Trinajstić information content (AvgIpc) is 2.65. The highest BCUT2D eigenvalue weighted by Crippen LogP contribution is 2.38. The molecule has 0 saturated heterocycles. The van der Waals surface area contributed by atoms with E-state index in [1.165, 1.54) is 16.9 Å². The van der Waals surface area contributed by atoms with Crippen LogP contribution in [0.25, 0.3) is 11.1 Å². The van der Waals surface area contributed by atoms with Crippen LogP contribution in [-0.2, 0) is 4.74 Å². The first-order chi connectivity index (χ1) is 9.04. The topological polar surface area (TPSA) is 52.3 Å². The highest BCUT2D eigenvalue weighted by Gasteiger charge is 2.22. The summed E-state index contributed by atoms with van der Waals surface area (Å²) in [6.45, 7) is 6.14. The number of carbonyl (C=O) groups is 1. The predicted octanol–water partition coefficient (Wildman–Crippen LogP) is 3.79. The Bertz CT molecular complexity index is 599. The van der Waals surface area contributed by atoms with Crippen molar-refractivity contribution in [3.63, 3.8) is 0 Å². The summed E-state index contributed by atoms with van der Waals surface area (Å²) in [5.41, 5.74) is 9.52. The third-order valence-electron chi connectivity index (χ3n) is 2.93. The van der Waals surface area contributed by atoms with E-state index >= 15 is 0 Å². The zero-order chi connectivity index (χ0) is 14.0. The second kappa shape index (κ2) is 5.45. The molecular formula is C15H17NO2S. The Morgan fingerprint density at radius 3 is 2.47 bits per heavy atom. The molecule has 0 aliphatic carbocycles. The van der Waals surface area contributed by atoms with Crippen LogP contribution in [-0.4, -0.2) is 12.6 Å². The van der Waals surface area contributed by atoms with Gasteiger partial charge in [0.2, 0.25) is 0 Å². The summed E-state index contributed by atoms with van der Waals surface area (Å²) in [5.74, 6) is -0.347. The number of anilines is 1. The minimum Gasteiger partial charge on any atom is -0.462 e. The van der Waals surface area contributed by atoms with E-state index in [0.29, 0.717) is 17.2 Å². The van der Waals surface area contributed by atoms with E-state index in [1.807, 2.05) is 38.1 Å². The molecule has 0 aliphatic heterocycles. The van der Waals surface area contributed by atoms with Gasteiger partial charge in [-0.15, -0.1) is 11.3 Å². The van der Waals surface area contributed by atoms with Crippen LogP contribution in [0.2, 0.25) is 0 Å². The molecule has 0 spiro atoms. The van der Waals surface area contributed by atoms with Crippen LogP contribution in [0.15, 0.2) is 24.3 Å². The summed E-state index contributed by atoms with van der Waals surface area (Å²) in [6, 6.07) is 8.06. The minimum atomic E-state index is -0.347. The van der Waals surface area contributed by atoms with Gasteiger partial charge in [0.1, 0.15) is 10.6 Å². The molecule has 100 valence electrons. The van der Waals surface area contributed by atoms with Crippen LogP contribution in [0.1, 0.15) is 27.7 Å². The molecule has 0 aliphatic rings. The van der Waals surface area contributed by atoms with E-state index in [1.54, 1.807) is 6.92 Å². The van der Waals surface area contributed by atoms with Crippen molar-refractivity contribution < 1.29 is 9.53 Å². The first kappa shape index (κ1) is 13.6. The normalized spacial score (nSPS) is 10.5. The van der Waals surface area contributed by atoms with Crippen LogP contribution in [0.4, 0.5) is 5.00 Å². The van der Waals surface area contributed by atoms with Gasteiger partial charge in [-0.05, 0) is 26.3 Å². The third-order valence-corrected chi connectivity index (χ3v) is 3.87. The van der Waals surface area contributed by atoms with Gasteiger partial charge in [-0.25, -0.2) is 4.79 Å². The van der Waals surface area contributed by atoms with Gasteiger partial charge < -0.3 is 10.5 Å². The molecule has 0 radical (unpaired) electrons. The summed E-state index contributed by atoms with van der Waals surface area (Å²) in [4.78, 5) is 13.1. The van der Waals surface area contributed by atoms with Crippen molar-refractivity contribution in [1.82, 2.24) is 0 Å². The smallest absolute Gasteiger partial charge is 0.341 e. The first-order valence-electron chi connectivity index (χ1n) is 6.17. The molecule has 1 aromatic heterocycles. The Kier molecular flexibility index (Phi) is 3.90. The maximum Gasteiger partial charge on any atom is 0.341 e. The quantitative estimate of drug-likeness (QED) is 0.867. The van der Waals surface area contributed by atoms with Crippen LogP contribution in [0.5, 0.6) is 0 Å². The number of rotatable bonds is 3. The van der Waals surface area contributed by atoms with Crippen LogP contribution in [0, 0.1) is 13.8 Å². The maximum absolute atomic E-state index is 12.0. The van der Waals surface area contributed by atoms with E-state index in [-0.39, 0.29) is 5.97 Å². The fourth-order valence-electron chi connectivity index (χ4n) is 2.04. The van der Waals surface area contributed by atoms with Crippen molar-refractivity contribution in [1.29, 1.82) is 0 Å². The van der Waals surface area contributed by atoms with Gasteiger partial charge >= 0.3 is 5.97 Å². The largest absolute Gasteiger partial charge is 0.462 e. The first-order valence-corrected chi connectivity index (χ1v) is 6.99. The summed E-state index contributed by atoms with van der Waals surface area (Å²) in [7, 11) is 0. The standard InChI is InChI=1S/C15H17NO2S/c1-4-18-15(17)13-12(10(3)19-14(13)16)11-7-5-9(2)6-8-11/h5-8H,4,16H2,1-3H3. The molecule has 0 bridgehead atoms. The number of ether oxygens (including phenoxy) is 1. The zero-order valence-corrected chi connectivity index (χ0v) is 12.1. The lowest BCUT2D eigenvalue weighted by Gasteiger charge is -2.07. The molecule has 1 heterocycles. The van der Waals surface area contributed by atoms with Crippen LogP contribution < -0.4 is 5.73 Å². The van der Waals surface area contributed by atoms with Gasteiger partial charge in [0.15, 0.2) is 0 Å². The van der Waals surface area contributed by atoms with Crippen molar-refractivity contribution in [3.8, 4) is 11.1 Å². The highest BCUT2D eigenvalue weighted by molar-refractivity contribution is 7.16. The minimum absolute atomic E-state index is 0.347. The molecule has 0 amide bonds. The molecule has 4 heteroatoms. The molecule has 3 nitrogen and oxygen atoms in total. The number of nitrogen functional groups attached to an aromatic ring is 1. The number of benzene rings is 1. The molecule has 0 saturated carbocycles. The summed E-state index contributed by atoms with van der Waals surface area (Å²) >= 11 is 1.43. The predicted molar refractivity (Wildman–Crippen MR) is 79.6 cm³/mol. The molecule has 19 heavy (non-hydrogen) atoms. The van der Waals surface area contributed by atoms with E-state index in [0.717, 1.165) is 16.0 Å². The lowest BCUT2D eigenvalue weighted by molar-refractivity contribution is 0.0529. The second-order valence-corrected chi connectivity index (χ2v) is 5.62. The number of aryl methyl sites for hydroxylation is 2. The molecule has 0 fully saturated rings. The van der Waals surface area contributed by atoms with Gasteiger partial charge in [-0.2, -0.15) is 0 Å². The molecular weight excluding hydrogens is 258 g/mol. The molecule has 1 aromatic carbocycles. The number of hydrogen-bond acceptors (Lipinski definition) is 4. The number of nitrogens with two attached hydrogens (primary N) is 1. The van der Waals surface area contributed by atoms with Gasteiger partial charge in [0, 0.05) is 10.4 Å². The Balaban J connectivity index is 2.56. The SMILES string of the molecule is CCOC(=O)c1c(N)sc(C)c1-c1ccc(C)cc1. The van der Waals surface area contributed by atoms with Crippen molar-refractivity contribution in [2.75, 3.05) is 12.3 Å². The lowest BCUT2D eigenvalue weighted by atomic mass is 10.0. The highest BCUT2D eigenvalue weighted by atomic mass is 32.1. The summed E-state index contributed by atoms with van der Waals surface area (Å²) < 4.78 is 5.10. The van der Waals surface area contributed by atoms with Gasteiger partial charge in [0.05, 0.1) is 6.61 Å². The fourth-order valence-corrected chi connectivity index (χ4v) is 2.98. The van der Waals surface area contributed by atoms with E-state index in [2.05, 4.69) is 0 Å². The van der Waals surface area contributed by atoms with Gasteiger partial charge in [0.25, 0.3) is 0 Å². The Morgan fingerprint density at radius 2 is 1.89 bits per heavy atom. The van der Waals surface area contributed by atoms with Crippen molar-refractivity contribution >= 4 is 22.3 Å². The van der Waals surface area contributed by atoms with Gasteiger partial charge in [-0.1, -0.05) is 29.8 Å². The molecule has 0 unspecified atom stereocenters. The Labute approximate surface area is 117 Å². The number of esters is 1. The Morgan fingerprint density at radius 1 is 1.26 bits per heavy atom. The van der Waals surface area contributed by atoms with Gasteiger partial charge in [-0.3, -0.25) is 0 Å². The van der Waals surface area contributed by atoms with Crippen molar-refractivity contribution in [3.05, 3.63) is 40.3 Å². The number of thiophene rings is 1. The van der Waals surface area contributed by atoms with E-state index in [9.17, 15) is 4.79 Å². The molecule has 2 aromatic rings. The molecule has 0 atom stereocenters. The zero-order valence-electron chi connectivity index (χ0n) is 11.3. The van der Waals surface area contributed by atoms with E-state index in [4.69, 9.17) is 10.5 Å². The lowest BCUT2D eigenvalue weighted by Crippen LogP contribution is -2.07. The van der Waals surface area contributed by atoms with Crippen LogP contribution >= 0.6 is 11.3 Å². The van der Waals surface area contributed by atoms with E-state index < -0.39 is 0 Å². The van der Waals surface area contributed by atoms with Crippen molar-refractivity contribution in [2.45, 2.75) is 20.8 Å². The molecule has 2 N–H and O–H groups in total. The fraction of sp³-hybridized carbons (Fsp3) is 0.267. The Hall–Kier alpha value is -1.81.